The maximum Gasteiger partial charge on any atom is 0.0973 e. The van der Waals surface area contributed by atoms with Gasteiger partial charge in [0.25, 0.3) is 0 Å². The van der Waals surface area contributed by atoms with E-state index in [9.17, 15) is 0 Å². The molecular weight excluding hydrogens is 512 g/mol. The predicted molar refractivity (Wildman–Crippen MR) is 173 cm³/mol. The summed E-state index contributed by atoms with van der Waals surface area (Å²) in [5, 5.41) is 0. The van der Waals surface area contributed by atoms with Crippen molar-refractivity contribution < 1.29 is 0 Å². The number of hydrogen-bond acceptors (Lipinski definition) is 4. The Labute approximate surface area is 245 Å². The van der Waals surface area contributed by atoms with Crippen LogP contribution in [0.25, 0.3) is 67.1 Å². The molecule has 0 unspecified atom stereocenters. The Hall–Kier alpha value is -5.22. The van der Waals surface area contributed by atoms with Crippen LogP contribution in [0.15, 0.2) is 109 Å². The molecule has 0 spiro atoms. The van der Waals surface area contributed by atoms with Gasteiger partial charge in [0, 0.05) is 22.3 Å². The second-order valence-corrected chi connectivity index (χ2v) is 11.1. The third-order valence-electron chi connectivity index (χ3n) is 7.74. The Bertz CT molecular complexity index is 1950. The third-order valence-corrected chi connectivity index (χ3v) is 7.74. The molecule has 0 bridgehead atoms. The van der Waals surface area contributed by atoms with Gasteiger partial charge in [-0.05, 0) is 62.1 Å². The Morgan fingerprint density at radius 1 is 0.357 bits per heavy atom. The van der Waals surface area contributed by atoms with Gasteiger partial charge in [0.15, 0.2) is 0 Å². The highest BCUT2D eigenvalue weighted by Crippen LogP contribution is 2.36. The smallest absolute Gasteiger partial charge is 0.0973 e. The highest BCUT2D eigenvalue weighted by molar-refractivity contribution is 5.90. The average molecular weight is 543 g/mol. The van der Waals surface area contributed by atoms with E-state index in [4.69, 9.17) is 19.9 Å². The van der Waals surface area contributed by atoms with Crippen LogP contribution in [0.2, 0.25) is 0 Å². The van der Waals surface area contributed by atoms with Crippen molar-refractivity contribution >= 4 is 22.1 Å². The molecule has 7 aromatic rings. The molecule has 4 nitrogen and oxygen atoms in total. The second kappa shape index (κ2) is 10.3. The summed E-state index contributed by atoms with van der Waals surface area (Å²) in [6, 6.07) is 37.7. The molecule has 202 valence electrons. The summed E-state index contributed by atoms with van der Waals surface area (Å²) in [5.74, 6) is 0. The maximum absolute atomic E-state index is 5.20. The van der Waals surface area contributed by atoms with Crippen molar-refractivity contribution in [2.75, 3.05) is 0 Å². The lowest BCUT2D eigenvalue weighted by Crippen LogP contribution is -1.99. The minimum absolute atomic E-state index is 0.867. The van der Waals surface area contributed by atoms with Gasteiger partial charge in [-0.15, -0.1) is 0 Å². The van der Waals surface area contributed by atoms with E-state index in [-0.39, 0.29) is 0 Å². The van der Waals surface area contributed by atoms with E-state index in [1.54, 1.807) is 0 Å². The first-order chi connectivity index (χ1) is 20.4. The van der Waals surface area contributed by atoms with Gasteiger partial charge in [0.2, 0.25) is 0 Å². The Morgan fingerprint density at radius 2 is 0.690 bits per heavy atom. The van der Waals surface area contributed by atoms with Crippen LogP contribution in [0.4, 0.5) is 0 Å². The topological polar surface area (TPSA) is 51.6 Å². The van der Waals surface area contributed by atoms with Gasteiger partial charge in [-0.25, -0.2) is 19.9 Å². The SMILES string of the molecule is Cc1cc(C)c2nc(-c3ccc(-c4nc5c(C)cc(C)cc5nc4-c4ccccc4)cc3)c(-c3ccccc3)nc2c1. The Kier molecular flexibility index (Phi) is 6.32. The van der Waals surface area contributed by atoms with Crippen LogP contribution in [0, 0.1) is 27.7 Å². The predicted octanol–water partition coefficient (Wildman–Crippen LogP) is 9.47. The molecule has 0 atom stereocenters. The normalized spacial score (nSPS) is 11.3. The highest BCUT2D eigenvalue weighted by Gasteiger charge is 2.17. The van der Waals surface area contributed by atoms with E-state index in [2.05, 4.69) is 100 Å². The summed E-state index contributed by atoms with van der Waals surface area (Å²) >= 11 is 0. The molecule has 2 aromatic heterocycles. The van der Waals surface area contributed by atoms with Crippen LogP contribution < -0.4 is 0 Å². The molecule has 5 aromatic carbocycles. The summed E-state index contributed by atoms with van der Waals surface area (Å²) in [7, 11) is 0. The van der Waals surface area contributed by atoms with Gasteiger partial charge in [0.1, 0.15) is 0 Å². The van der Waals surface area contributed by atoms with E-state index in [1.165, 1.54) is 11.1 Å². The van der Waals surface area contributed by atoms with Crippen molar-refractivity contribution in [1.82, 2.24) is 19.9 Å². The zero-order valence-electron chi connectivity index (χ0n) is 24.2. The fourth-order valence-corrected chi connectivity index (χ4v) is 5.80. The van der Waals surface area contributed by atoms with Gasteiger partial charge >= 0.3 is 0 Å². The van der Waals surface area contributed by atoms with E-state index < -0.39 is 0 Å². The van der Waals surface area contributed by atoms with Crippen LogP contribution in [-0.2, 0) is 0 Å². The first-order valence-corrected chi connectivity index (χ1v) is 14.2. The number of rotatable bonds is 4. The molecule has 0 aliphatic rings. The average Bonchev–Trinajstić information content (AvgIpc) is 3.01. The molecular formula is C38H30N4. The van der Waals surface area contributed by atoms with Gasteiger partial charge in [-0.1, -0.05) is 97.1 Å². The first-order valence-electron chi connectivity index (χ1n) is 14.2. The Balaban J connectivity index is 1.41. The zero-order chi connectivity index (χ0) is 28.8. The summed E-state index contributed by atoms with van der Waals surface area (Å²) in [5.41, 5.74) is 15.9. The molecule has 0 N–H and O–H groups in total. The van der Waals surface area contributed by atoms with Gasteiger partial charge in [-0.3, -0.25) is 0 Å². The standard InChI is InChI=1S/C38H30N4/c1-23-19-25(3)33-31(21-23)39-35(27-11-7-5-8-12-27)37(41-33)29-15-17-30(18-16-29)38-36(28-13-9-6-10-14-28)40-32-22-24(2)20-26(4)34(32)42-38/h5-22H,1-4H3. The maximum atomic E-state index is 5.20. The molecule has 0 saturated heterocycles. The van der Waals surface area contributed by atoms with Crippen molar-refractivity contribution in [3.8, 4) is 45.0 Å². The van der Waals surface area contributed by atoms with Crippen LogP contribution >= 0.6 is 0 Å². The van der Waals surface area contributed by atoms with Gasteiger partial charge < -0.3 is 0 Å². The number of benzene rings is 5. The van der Waals surface area contributed by atoms with Gasteiger partial charge in [-0.2, -0.15) is 0 Å². The molecule has 0 radical (unpaired) electrons. The van der Waals surface area contributed by atoms with Crippen molar-refractivity contribution in [3.63, 3.8) is 0 Å². The molecule has 7 rings (SSSR count). The molecule has 42 heavy (non-hydrogen) atoms. The van der Waals surface area contributed by atoms with E-state index >= 15 is 0 Å². The van der Waals surface area contributed by atoms with Crippen molar-refractivity contribution in [2.45, 2.75) is 27.7 Å². The fourth-order valence-electron chi connectivity index (χ4n) is 5.80. The lowest BCUT2D eigenvalue weighted by molar-refractivity contribution is 1.25. The summed E-state index contributed by atoms with van der Waals surface area (Å²) in [6.45, 7) is 8.41. The number of aryl methyl sites for hydroxylation is 4. The van der Waals surface area contributed by atoms with Crippen LogP contribution in [0.3, 0.4) is 0 Å². The van der Waals surface area contributed by atoms with Crippen molar-refractivity contribution in [2.24, 2.45) is 0 Å². The van der Waals surface area contributed by atoms with Crippen LogP contribution in [0.5, 0.6) is 0 Å². The summed E-state index contributed by atoms with van der Waals surface area (Å²) in [6.07, 6.45) is 0. The minimum Gasteiger partial charge on any atom is -0.244 e. The monoisotopic (exact) mass is 542 g/mol. The number of aromatic nitrogens is 4. The molecule has 4 heteroatoms. The van der Waals surface area contributed by atoms with E-state index in [1.807, 2.05) is 36.4 Å². The lowest BCUT2D eigenvalue weighted by atomic mass is 9.99. The quantitative estimate of drug-likeness (QED) is 0.222. The van der Waals surface area contributed by atoms with Crippen molar-refractivity contribution in [1.29, 1.82) is 0 Å². The largest absolute Gasteiger partial charge is 0.244 e. The second-order valence-electron chi connectivity index (χ2n) is 11.1. The zero-order valence-corrected chi connectivity index (χ0v) is 24.2. The first kappa shape index (κ1) is 25.7. The third kappa shape index (κ3) is 4.61. The number of hydrogen-bond donors (Lipinski definition) is 0. The van der Waals surface area contributed by atoms with Crippen molar-refractivity contribution in [3.05, 3.63) is 131 Å². The molecule has 0 fully saturated rings. The molecule has 0 saturated carbocycles. The van der Waals surface area contributed by atoms with Gasteiger partial charge in [0.05, 0.1) is 44.8 Å². The summed E-state index contributed by atoms with van der Waals surface area (Å²) < 4.78 is 0. The Morgan fingerprint density at radius 3 is 1.07 bits per heavy atom. The number of nitrogens with zero attached hydrogens (tertiary/aromatic N) is 4. The molecule has 0 aliphatic carbocycles. The van der Waals surface area contributed by atoms with E-state index in [0.29, 0.717) is 0 Å². The molecule has 0 aliphatic heterocycles. The van der Waals surface area contributed by atoms with Crippen LogP contribution in [0.1, 0.15) is 22.3 Å². The van der Waals surface area contributed by atoms with Crippen LogP contribution in [-0.4, -0.2) is 19.9 Å². The molecule has 2 heterocycles. The lowest BCUT2D eigenvalue weighted by Gasteiger charge is -2.14. The van der Waals surface area contributed by atoms with E-state index in [0.717, 1.165) is 78.2 Å². The minimum atomic E-state index is 0.867. The summed E-state index contributed by atoms with van der Waals surface area (Å²) in [4.78, 5) is 20.7. The molecule has 0 amide bonds. The highest BCUT2D eigenvalue weighted by atomic mass is 14.8. The number of fused-ring (bicyclic) bond motifs is 2. The fraction of sp³-hybridized carbons (Fsp3) is 0.105.